The highest BCUT2D eigenvalue weighted by Gasteiger charge is 2.14. The Hall–Kier alpha value is -1.99. The smallest absolute Gasteiger partial charge is 0.262 e. The lowest BCUT2D eigenvalue weighted by atomic mass is 10.2. The second-order valence-corrected chi connectivity index (χ2v) is 7.52. The molecule has 3 rings (SSSR count). The van der Waals surface area contributed by atoms with Crippen LogP contribution in [0.2, 0.25) is 0 Å². The number of carbonyl (C=O) groups is 1. The molecule has 0 aliphatic carbocycles. The van der Waals surface area contributed by atoms with Gasteiger partial charge in [-0.05, 0) is 60.0 Å². The molecule has 0 aliphatic heterocycles. The molecule has 5 nitrogen and oxygen atoms in total. The molecule has 7 heteroatoms. The number of thiophene rings is 1. The summed E-state index contributed by atoms with van der Waals surface area (Å²) >= 11 is 5.04. The summed E-state index contributed by atoms with van der Waals surface area (Å²) in [7, 11) is 0. The van der Waals surface area contributed by atoms with Gasteiger partial charge in [0.1, 0.15) is 11.2 Å². The van der Waals surface area contributed by atoms with Gasteiger partial charge in [-0.15, -0.1) is 11.3 Å². The third-order valence-corrected chi connectivity index (χ3v) is 5.44. The molecule has 0 saturated heterocycles. The molecule has 0 bridgehead atoms. The van der Waals surface area contributed by atoms with E-state index in [0.717, 1.165) is 25.8 Å². The SMILES string of the molecule is Cc1ccc(NC(=O)COc2ncnc3sc(C)c(C)c23)c(Br)c1. The van der Waals surface area contributed by atoms with Crippen molar-refractivity contribution < 1.29 is 9.53 Å². The summed E-state index contributed by atoms with van der Waals surface area (Å²) in [5.74, 6) is 0.205. The third-order valence-electron chi connectivity index (χ3n) is 3.67. The molecular weight excluding hydrogens is 390 g/mol. The summed E-state index contributed by atoms with van der Waals surface area (Å²) in [6.45, 7) is 5.92. The van der Waals surface area contributed by atoms with Crippen LogP contribution >= 0.6 is 27.3 Å². The Morgan fingerprint density at radius 3 is 2.83 bits per heavy atom. The predicted octanol–water partition coefficient (Wildman–Crippen LogP) is 4.40. The molecule has 0 fully saturated rings. The molecular formula is C17H16BrN3O2S. The maximum Gasteiger partial charge on any atom is 0.262 e. The normalized spacial score (nSPS) is 10.8. The minimum absolute atomic E-state index is 0.110. The van der Waals surface area contributed by atoms with Crippen molar-refractivity contribution in [3.05, 3.63) is 45.0 Å². The van der Waals surface area contributed by atoms with Gasteiger partial charge in [0.2, 0.25) is 5.88 Å². The van der Waals surface area contributed by atoms with Crippen LogP contribution in [0, 0.1) is 20.8 Å². The number of amides is 1. The average Bonchev–Trinajstić information content (AvgIpc) is 2.83. The molecule has 0 atom stereocenters. The Bertz CT molecular complexity index is 924. The number of ether oxygens (including phenoxy) is 1. The number of nitrogens with one attached hydrogen (secondary N) is 1. The number of fused-ring (bicyclic) bond motifs is 1. The van der Waals surface area contributed by atoms with Crippen LogP contribution in [0.25, 0.3) is 10.2 Å². The van der Waals surface area contributed by atoms with Gasteiger partial charge in [0, 0.05) is 9.35 Å². The first-order valence-electron chi connectivity index (χ1n) is 7.35. The Labute approximate surface area is 152 Å². The zero-order chi connectivity index (χ0) is 17.3. The lowest BCUT2D eigenvalue weighted by molar-refractivity contribution is -0.118. The van der Waals surface area contributed by atoms with Crippen molar-refractivity contribution >= 4 is 49.1 Å². The zero-order valence-corrected chi connectivity index (χ0v) is 15.9. The van der Waals surface area contributed by atoms with Crippen molar-refractivity contribution in [3.63, 3.8) is 0 Å². The molecule has 24 heavy (non-hydrogen) atoms. The summed E-state index contributed by atoms with van der Waals surface area (Å²) in [6, 6.07) is 5.74. The molecule has 0 saturated carbocycles. The molecule has 0 aliphatic rings. The van der Waals surface area contributed by atoms with Gasteiger partial charge in [-0.3, -0.25) is 4.79 Å². The van der Waals surface area contributed by atoms with Gasteiger partial charge in [0.25, 0.3) is 5.91 Å². The number of carbonyl (C=O) groups excluding carboxylic acids is 1. The summed E-state index contributed by atoms with van der Waals surface area (Å²) in [6.07, 6.45) is 1.46. The van der Waals surface area contributed by atoms with Gasteiger partial charge in [-0.2, -0.15) is 0 Å². The van der Waals surface area contributed by atoms with Gasteiger partial charge < -0.3 is 10.1 Å². The molecule has 1 amide bonds. The van der Waals surface area contributed by atoms with Crippen LogP contribution in [0.1, 0.15) is 16.0 Å². The van der Waals surface area contributed by atoms with E-state index in [9.17, 15) is 4.79 Å². The summed E-state index contributed by atoms with van der Waals surface area (Å²) < 4.78 is 6.48. The highest BCUT2D eigenvalue weighted by molar-refractivity contribution is 9.10. The lowest BCUT2D eigenvalue weighted by Gasteiger charge is -2.09. The number of hydrogen-bond donors (Lipinski definition) is 1. The van der Waals surface area contributed by atoms with Crippen molar-refractivity contribution in [2.24, 2.45) is 0 Å². The minimum Gasteiger partial charge on any atom is -0.467 e. The summed E-state index contributed by atoms with van der Waals surface area (Å²) in [5, 5.41) is 3.70. The predicted molar refractivity (Wildman–Crippen MR) is 99.9 cm³/mol. The van der Waals surface area contributed by atoms with Gasteiger partial charge in [0.15, 0.2) is 6.61 Å². The van der Waals surface area contributed by atoms with Gasteiger partial charge >= 0.3 is 0 Å². The quantitative estimate of drug-likeness (QED) is 0.698. The standard InChI is InChI=1S/C17H16BrN3O2S/c1-9-4-5-13(12(18)6-9)21-14(22)7-23-16-15-10(2)11(3)24-17(15)20-8-19-16/h4-6,8H,7H2,1-3H3,(H,21,22). The van der Waals surface area contributed by atoms with E-state index in [1.165, 1.54) is 11.2 Å². The fraction of sp³-hybridized carbons (Fsp3) is 0.235. The first-order chi connectivity index (χ1) is 11.5. The van der Waals surface area contributed by atoms with Crippen molar-refractivity contribution in [1.29, 1.82) is 0 Å². The first-order valence-corrected chi connectivity index (χ1v) is 8.96. The molecule has 0 unspecified atom stereocenters. The van der Waals surface area contributed by atoms with Crippen LogP contribution in [0.3, 0.4) is 0 Å². The number of aryl methyl sites for hydroxylation is 3. The fourth-order valence-electron chi connectivity index (χ4n) is 2.30. The Kier molecular flexibility index (Phi) is 4.82. The van der Waals surface area contributed by atoms with Crippen LogP contribution < -0.4 is 10.1 Å². The second-order valence-electron chi connectivity index (χ2n) is 5.46. The van der Waals surface area contributed by atoms with E-state index in [4.69, 9.17) is 4.74 Å². The number of halogens is 1. The number of anilines is 1. The van der Waals surface area contributed by atoms with Gasteiger partial charge in [-0.1, -0.05) is 6.07 Å². The Balaban J connectivity index is 1.73. The summed E-state index contributed by atoms with van der Waals surface area (Å²) in [5.41, 5.74) is 2.92. The number of nitrogens with zero attached hydrogens (tertiary/aromatic N) is 2. The van der Waals surface area contributed by atoms with Crippen LogP contribution in [0.4, 0.5) is 5.69 Å². The molecule has 1 N–H and O–H groups in total. The molecule has 1 aromatic carbocycles. The number of hydrogen-bond acceptors (Lipinski definition) is 5. The molecule has 3 aromatic rings. The van der Waals surface area contributed by atoms with Crippen LogP contribution in [0.5, 0.6) is 5.88 Å². The van der Waals surface area contributed by atoms with Gasteiger partial charge in [0.05, 0.1) is 11.1 Å². The van der Waals surface area contributed by atoms with E-state index in [1.54, 1.807) is 11.3 Å². The highest BCUT2D eigenvalue weighted by Crippen LogP contribution is 2.33. The van der Waals surface area contributed by atoms with Crippen LogP contribution in [-0.2, 0) is 4.79 Å². The molecule has 0 radical (unpaired) electrons. The Morgan fingerprint density at radius 1 is 1.29 bits per heavy atom. The van der Waals surface area contributed by atoms with Gasteiger partial charge in [-0.25, -0.2) is 9.97 Å². The van der Waals surface area contributed by atoms with Crippen LogP contribution in [0.15, 0.2) is 29.0 Å². The fourth-order valence-corrected chi connectivity index (χ4v) is 3.88. The van der Waals surface area contributed by atoms with E-state index in [1.807, 2.05) is 39.0 Å². The van der Waals surface area contributed by atoms with Crippen molar-refractivity contribution in [2.45, 2.75) is 20.8 Å². The minimum atomic E-state index is -0.240. The van der Waals surface area contributed by atoms with E-state index in [2.05, 4.69) is 31.2 Å². The van der Waals surface area contributed by atoms with E-state index in [-0.39, 0.29) is 12.5 Å². The molecule has 2 aromatic heterocycles. The van der Waals surface area contributed by atoms with E-state index in [0.29, 0.717) is 11.6 Å². The monoisotopic (exact) mass is 405 g/mol. The summed E-state index contributed by atoms with van der Waals surface area (Å²) in [4.78, 5) is 22.6. The maximum atomic E-state index is 12.2. The maximum absolute atomic E-state index is 12.2. The second kappa shape index (κ2) is 6.86. The average molecular weight is 406 g/mol. The topological polar surface area (TPSA) is 64.1 Å². The number of rotatable bonds is 4. The van der Waals surface area contributed by atoms with Crippen molar-refractivity contribution in [1.82, 2.24) is 9.97 Å². The molecule has 0 spiro atoms. The van der Waals surface area contributed by atoms with Crippen molar-refractivity contribution in [2.75, 3.05) is 11.9 Å². The zero-order valence-electron chi connectivity index (χ0n) is 13.5. The molecule has 2 heterocycles. The lowest BCUT2D eigenvalue weighted by Crippen LogP contribution is -2.20. The highest BCUT2D eigenvalue weighted by atomic mass is 79.9. The van der Waals surface area contributed by atoms with Crippen LogP contribution in [-0.4, -0.2) is 22.5 Å². The van der Waals surface area contributed by atoms with E-state index < -0.39 is 0 Å². The molecule has 124 valence electrons. The number of benzene rings is 1. The van der Waals surface area contributed by atoms with E-state index >= 15 is 0 Å². The first kappa shape index (κ1) is 16.9. The third kappa shape index (κ3) is 3.42. The largest absolute Gasteiger partial charge is 0.467 e. The van der Waals surface area contributed by atoms with Crippen molar-refractivity contribution in [3.8, 4) is 5.88 Å². The Morgan fingerprint density at radius 2 is 2.08 bits per heavy atom. The number of aromatic nitrogens is 2.